The molecule has 2 rings (SSSR count). The number of nitrogens with one attached hydrogen (secondary N) is 1. The summed E-state index contributed by atoms with van der Waals surface area (Å²) in [6, 6.07) is 9.54. The predicted octanol–water partition coefficient (Wildman–Crippen LogP) is 3.31. The zero-order chi connectivity index (χ0) is 15.2. The van der Waals surface area contributed by atoms with Crippen LogP contribution in [0.4, 0.5) is 8.78 Å². The molecule has 6 heteroatoms. The predicted molar refractivity (Wildman–Crippen MR) is 75.2 cm³/mol. The Morgan fingerprint density at radius 1 is 1.19 bits per heavy atom. The number of amides is 1. The van der Waals surface area contributed by atoms with Crippen LogP contribution in [0.15, 0.2) is 42.5 Å². The first-order valence-corrected chi connectivity index (χ1v) is 6.51. The smallest absolute Gasteiger partial charge is 0.258 e. The summed E-state index contributed by atoms with van der Waals surface area (Å²) in [5, 5.41) is 2.88. The Hall–Kier alpha value is -2.14. The fourth-order valence-corrected chi connectivity index (χ4v) is 1.82. The van der Waals surface area contributed by atoms with Crippen LogP contribution < -0.4 is 10.1 Å². The average Bonchev–Trinajstić information content (AvgIpc) is 2.46. The number of carbonyl (C=O) groups is 1. The highest BCUT2D eigenvalue weighted by Crippen LogP contribution is 2.15. The van der Waals surface area contributed by atoms with E-state index in [9.17, 15) is 13.6 Å². The number of benzene rings is 2. The van der Waals surface area contributed by atoms with Crippen LogP contribution in [0.5, 0.6) is 5.75 Å². The van der Waals surface area contributed by atoms with Gasteiger partial charge >= 0.3 is 0 Å². The van der Waals surface area contributed by atoms with E-state index in [1.807, 2.05) is 0 Å². The maximum absolute atomic E-state index is 13.4. The fraction of sp³-hybridized carbons (Fsp3) is 0.133. The molecule has 0 aliphatic rings. The maximum Gasteiger partial charge on any atom is 0.258 e. The molecule has 0 saturated carbocycles. The Balaban J connectivity index is 1.83. The second kappa shape index (κ2) is 7.04. The molecule has 2 aromatic carbocycles. The molecule has 0 saturated heterocycles. The number of hydrogen-bond donors (Lipinski definition) is 1. The number of rotatable bonds is 5. The second-order valence-corrected chi connectivity index (χ2v) is 4.69. The molecule has 2 aromatic rings. The van der Waals surface area contributed by atoms with Gasteiger partial charge in [0, 0.05) is 23.2 Å². The van der Waals surface area contributed by atoms with Crippen molar-refractivity contribution in [3.63, 3.8) is 0 Å². The summed E-state index contributed by atoms with van der Waals surface area (Å²) in [6.45, 7) is -0.288. The summed E-state index contributed by atoms with van der Waals surface area (Å²) in [5.74, 6) is -1.10. The van der Waals surface area contributed by atoms with Gasteiger partial charge in [-0.25, -0.2) is 8.78 Å². The molecule has 3 nitrogen and oxygen atoms in total. The highest BCUT2D eigenvalue weighted by atomic mass is 35.5. The van der Waals surface area contributed by atoms with Crippen molar-refractivity contribution in [1.82, 2.24) is 5.32 Å². The topological polar surface area (TPSA) is 38.3 Å². The van der Waals surface area contributed by atoms with Crippen LogP contribution in [0, 0.1) is 11.6 Å². The minimum Gasteiger partial charge on any atom is -0.484 e. The average molecular weight is 312 g/mol. The summed E-state index contributed by atoms with van der Waals surface area (Å²) in [4.78, 5) is 11.6. The SMILES string of the molecule is O=C(COc1cccc(F)c1)NCc1cc(Cl)ccc1F. The highest BCUT2D eigenvalue weighted by Gasteiger charge is 2.07. The Morgan fingerprint density at radius 3 is 2.76 bits per heavy atom. The van der Waals surface area contributed by atoms with Crippen LogP contribution in [0.3, 0.4) is 0 Å². The molecular weight excluding hydrogens is 300 g/mol. The first kappa shape index (κ1) is 15.3. The molecule has 21 heavy (non-hydrogen) atoms. The van der Waals surface area contributed by atoms with E-state index in [-0.39, 0.29) is 24.5 Å². The number of carbonyl (C=O) groups excluding carboxylic acids is 1. The standard InChI is InChI=1S/C15H12ClF2NO2/c16-11-4-5-14(18)10(6-11)8-19-15(20)9-21-13-3-1-2-12(17)7-13/h1-7H,8-9H2,(H,19,20). The van der Waals surface area contributed by atoms with E-state index in [1.54, 1.807) is 0 Å². The van der Waals surface area contributed by atoms with Crippen molar-refractivity contribution >= 4 is 17.5 Å². The Labute approximate surface area is 125 Å². The summed E-state index contributed by atoms with van der Waals surface area (Å²) in [5.41, 5.74) is 0.279. The monoisotopic (exact) mass is 311 g/mol. The Kier molecular flexibility index (Phi) is 5.11. The number of ether oxygens (including phenoxy) is 1. The molecule has 0 bridgehead atoms. The van der Waals surface area contributed by atoms with Crippen molar-refractivity contribution in [3.8, 4) is 5.75 Å². The van der Waals surface area contributed by atoms with Crippen LogP contribution in [0.1, 0.15) is 5.56 Å². The molecule has 1 N–H and O–H groups in total. The van der Waals surface area contributed by atoms with Crippen LogP contribution in [-0.4, -0.2) is 12.5 Å². The molecule has 0 radical (unpaired) electrons. The second-order valence-electron chi connectivity index (χ2n) is 4.26. The first-order valence-electron chi connectivity index (χ1n) is 6.13. The molecule has 0 unspecified atom stereocenters. The normalized spacial score (nSPS) is 10.2. The molecule has 0 spiro atoms. The largest absolute Gasteiger partial charge is 0.484 e. The summed E-state index contributed by atoms with van der Waals surface area (Å²) in [7, 11) is 0. The minimum absolute atomic E-state index is 0.00224. The van der Waals surface area contributed by atoms with Gasteiger partial charge in [-0.05, 0) is 30.3 Å². The van der Waals surface area contributed by atoms with Crippen molar-refractivity contribution in [2.24, 2.45) is 0 Å². The fourth-order valence-electron chi connectivity index (χ4n) is 1.63. The van der Waals surface area contributed by atoms with Crippen molar-refractivity contribution in [2.45, 2.75) is 6.54 Å². The van der Waals surface area contributed by atoms with Gasteiger partial charge in [-0.3, -0.25) is 4.79 Å². The molecule has 0 aliphatic carbocycles. The lowest BCUT2D eigenvalue weighted by Crippen LogP contribution is -2.28. The Morgan fingerprint density at radius 2 is 2.00 bits per heavy atom. The van der Waals surface area contributed by atoms with E-state index in [1.165, 1.54) is 42.5 Å². The van der Waals surface area contributed by atoms with Crippen molar-refractivity contribution < 1.29 is 18.3 Å². The van der Waals surface area contributed by atoms with Crippen LogP contribution in [0.25, 0.3) is 0 Å². The number of hydrogen-bond acceptors (Lipinski definition) is 2. The van der Waals surface area contributed by atoms with Gasteiger partial charge in [0.2, 0.25) is 0 Å². The van der Waals surface area contributed by atoms with Gasteiger partial charge in [0.05, 0.1) is 0 Å². The summed E-state index contributed by atoms with van der Waals surface area (Å²) in [6.07, 6.45) is 0. The van der Waals surface area contributed by atoms with Gasteiger partial charge in [0.15, 0.2) is 6.61 Å². The minimum atomic E-state index is -0.453. The van der Waals surface area contributed by atoms with E-state index in [4.69, 9.17) is 16.3 Å². The molecule has 0 aromatic heterocycles. The summed E-state index contributed by atoms with van der Waals surface area (Å²) < 4.78 is 31.5. The van der Waals surface area contributed by atoms with E-state index >= 15 is 0 Å². The number of halogens is 3. The van der Waals surface area contributed by atoms with E-state index in [2.05, 4.69) is 5.32 Å². The van der Waals surface area contributed by atoms with Crippen molar-refractivity contribution in [3.05, 3.63) is 64.7 Å². The Bertz CT molecular complexity index is 649. The van der Waals surface area contributed by atoms with Crippen LogP contribution >= 0.6 is 11.6 Å². The molecule has 1 amide bonds. The van der Waals surface area contributed by atoms with Crippen LogP contribution in [-0.2, 0) is 11.3 Å². The summed E-state index contributed by atoms with van der Waals surface area (Å²) >= 11 is 5.75. The van der Waals surface area contributed by atoms with E-state index < -0.39 is 17.5 Å². The van der Waals surface area contributed by atoms with Gasteiger partial charge in [-0.1, -0.05) is 17.7 Å². The van der Waals surface area contributed by atoms with Gasteiger partial charge in [0.25, 0.3) is 5.91 Å². The highest BCUT2D eigenvalue weighted by molar-refractivity contribution is 6.30. The molecular formula is C15H12ClF2NO2. The lowest BCUT2D eigenvalue weighted by Gasteiger charge is -2.08. The van der Waals surface area contributed by atoms with E-state index in [0.29, 0.717) is 5.02 Å². The van der Waals surface area contributed by atoms with Gasteiger partial charge < -0.3 is 10.1 Å². The van der Waals surface area contributed by atoms with Gasteiger partial charge in [-0.15, -0.1) is 0 Å². The third kappa shape index (κ3) is 4.72. The lowest BCUT2D eigenvalue weighted by molar-refractivity contribution is -0.123. The van der Waals surface area contributed by atoms with E-state index in [0.717, 1.165) is 0 Å². The van der Waals surface area contributed by atoms with Gasteiger partial charge in [-0.2, -0.15) is 0 Å². The van der Waals surface area contributed by atoms with Crippen molar-refractivity contribution in [1.29, 1.82) is 0 Å². The van der Waals surface area contributed by atoms with Crippen LogP contribution in [0.2, 0.25) is 5.02 Å². The third-order valence-electron chi connectivity index (χ3n) is 2.65. The third-order valence-corrected chi connectivity index (χ3v) is 2.88. The zero-order valence-electron chi connectivity index (χ0n) is 10.9. The lowest BCUT2D eigenvalue weighted by atomic mass is 10.2. The maximum atomic E-state index is 13.4. The first-order chi connectivity index (χ1) is 10.0. The molecule has 0 heterocycles. The molecule has 0 atom stereocenters. The molecule has 0 aliphatic heterocycles. The molecule has 110 valence electrons. The molecule has 0 fully saturated rings. The van der Waals surface area contributed by atoms with Gasteiger partial charge in [0.1, 0.15) is 17.4 Å². The van der Waals surface area contributed by atoms with Crippen molar-refractivity contribution in [2.75, 3.05) is 6.61 Å². The zero-order valence-corrected chi connectivity index (χ0v) is 11.7. The quantitative estimate of drug-likeness (QED) is 0.920.